The van der Waals surface area contributed by atoms with Crippen LogP contribution in [0.2, 0.25) is 5.02 Å². The van der Waals surface area contributed by atoms with Crippen molar-refractivity contribution in [3.8, 4) is 5.75 Å². The maximum atomic E-state index is 10.4. The van der Waals surface area contributed by atoms with E-state index in [0.717, 1.165) is 0 Å². The van der Waals surface area contributed by atoms with Crippen LogP contribution in [0.25, 0.3) is 0 Å². The molecule has 1 aromatic rings. The number of benzene rings is 1. The second-order valence-corrected chi connectivity index (χ2v) is 3.21. The molecule has 5 heteroatoms. The molecule has 1 rings (SSSR count). The molecule has 1 aromatic carbocycles. The molecule has 0 aromatic heterocycles. The van der Waals surface area contributed by atoms with E-state index in [4.69, 9.17) is 21.4 Å². The predicted molar refractivity (Wildman–Crippen MR) is 54.6 cm³/mol. The molecule has 0 fully saturated rings. The zero-order valence-electron chi connectivity index (χ0n) is 7.77. The summed E-state index contributed by atoms with van der Waals surface area (Å²) in [7, 11) is 0. The summed E-state index contributed by atoms with van der Waals surface area (Å²) >= 11 is 5.79. The Morgan fingerprint density at radius 1 is 1.53 bits per heavy atom. The summed E-state index contributed by atoms with van der Waals surface area (Å²) in [5, 5.41) is 8.68. The summed E-state index contributed by atoms with van der Waals surface area (Å²) in [4.78, 5) is 20.6. The third-order valence-electron chi connectivity index (χ3n) is 1.67. The molecule has 0 saturated heterocycles. The van der Waals surface area contributed by atoms with E-state index in [1.54, 1.807) is 6.07 Å². The predicted octanol–water partition coefficient (Wildman–Crippen LogP) is 2.01. The second-order valence-electron chi connectivity index (χ2n) is 2.80. The number of aliphatic carboxylic acids is 1. The van der Waals surface area contributed by atoms with Crippen LogP contribution in [0.5, 0.6) is 5.75 Å². The normalized spacial score (nSPS) is 9.67. The molecule has 0 unspecified atom stereocenters. The van der Waals surface area contributed by atoms with E-state index < -0.39 is 5.97 Å². The van der Waals surface area contributed by atoms with E-state index in [9.17, 15) is 9.59 Å². The number of carboxylic acids is 1. The van der Waals surface area contributed by atoms with Crippen LogP contribution < -0.4 is 4.74 Å². The third-order valence-corrected chi connectivity index (χ3v) is 1.96. The third kappa shape index (κ3) is 3.59. The highest BCUT2D eigenvalue weighted by Crippen LogP contribution is 2.24. The molecule has 0 aliphatic carbocycles. The number of carboxylic acid groups (broad SMARTS) is 1. The maximum Gasteiger partial charge on any atom is 0.306 e. The fourth-order valence-electron chi connectivity index (χ4n) is 0.956. The van der Waals surface area contributed by atoms with Gasteiger partial charge in [-0.3, -0.25) is 9.59 Å². The molecule has 80 valence electrons. The average Bonchev–Trinajstić information content (AvgIpc) is 2.20. The number of carbonyl (C=O) groups is 2. The zero-order chi connectivity index (χ0) is 11.3. The molecule has 0 spiro atoms. The minimum Gasteiger partial charge on any atom is -0.491 e. The molecule has 4 nitrogen and oxygen atoms in total. The minimum absolute atomic E-state index is 0.0511. The summed E-state index contributed by atoms with van der Waals surface area (Å²) in [5.41, 5.74) is 0.450. The van der Waals surface area contributed by atoms with E-state index in [-0.39, 0.29) is 13.0 Å². The first-order chi connectivity index (χ1) is 7.13. The molecule has 15 heavy (non-hydrogen) atoms. The number of ether oxygens (including phenoxy) is 1. The van der Waals surface area contributed by atoms with Crippen molar-refractivity contribution in [2.75, 3.05) is 6.61 Å². The van der Waals surface area contributed by atoms with E-state index in [1.807, 2.05) is 0 Å². The number of halogens is 1. The van der Waals surface area contributed by atoms with Gasteiger partial charge in [-0.15, -0.1) is 0 Å². The van der Waals surface area contributed by atoms with Crippen molar-refractivity contribution >= 4 is 23.9 Å². The van der Waals surface area contributed by atoms with Gasteiger partial charge < -0.3 is 9.84 Å². The lowest BCUT2D eigenvalue weighted by molar-refractivity contribution is -0.137. The van der Waals surface area contributed by atoms with Crippen molar-refractivity contribution in [2.24, 2.45) is 0 Å². The van der Waals surface area contributed by atoms with Gasteiger partial charge in [0.25, 0.3) is 0 Å². The topological polar surface area (TPSA) is 63.6 Å². The second kappa shape index (κ2) is 5.36. The maximum absolute atomic E-state index is 10.4. The molecule has 0 atom stereocenters. The average molecular weight is 229 g/mol. The number of rotatable bonds is 5. The molecule has 0 saturated carbocycles. The Labute approximate surface area is 91.4 Å². The Hall–Kier alpha value is -1.55. The Morgan fingerprint density at radius 3 is 2.80 bits per heavy atom. The molecule has 0 aliphatic heterocycles. The van der Waals surface area contributed by atoms with E-state index in [2.05, 4.69) is 0 Å². The fourth-order valence-corrected chi connectivity index (χ4v) is 1.20. The number of aldehydes is 1. The largest absolute Gasteiger partial charge is 0.491 e. The first-order valence-corrected chi connectivity index (χ1v) is 4.60. The molecule has 0 radical (unpaired) electrons. The lowest BCUT2D eigenvalue weighted by Gasteiger charge is -2.06. The van der Waals surface area contributed by atoms with Gasteiger partial charge in [0.1, 0.15) is 12.0 Å². The Morgan fingerprint density at radius 2 is 2.27 bits per heavy atom. The standard InChI is InChI=1S/C10H9ClO4/c11-8-5-7(6-12)1-2-9(8)15-4-3-10(13)14/h1-2,5-6H,3-4H2,(H,13,14). The zero-order valence-corrected chi connectivity index (χ0v) is 8.53. The highest BCUT2D eigenvalue weighted by atomic mass is 35.5. The van der Waals surface area contributed by atoms with Crippen molar-refractivity contribution < 1.29 is 19.4 Å². The van der Waals surface area contributed by atoms with Gasteiger partial charge in [0.05, 0.1) is 18.1 Å². The van der Waals surface area contributed by atoms with Gasteiger partial charge in [0.15, 0.2) is 0 Å². The summed E-state index contributed by atoms with van der Waals surface area (Å²) in [6.07, 6.45) is 0.582. The summed E-state index contributed by atoms with van der Waals surface area (Å²) in [5.74, 6) is -0.556. The van der Waals surface area contributed by atoms with Crippen molar-refractivity contribution in [3.63, 3.8) is 0 Å². The van der Waals surface area contributed by atoms with Gasteiger partial charge in [-0.1, -0.05) is 11.6 Å². The molecular formula is C10H9ClO4. The number of hydrogen-bond acceptors (Lipinski definition) is 3. The van der Waals surface area contributed by atoms with E-state index in [0.29, 0.717) is 22.6 Å². The van der Waals surface area contributed by atoms with Gasteiger partial charge in [-0.2, -0.15) is 0 Å². The van der Waals surface area contributed by atoms with E-state index in [1.165, 1.54) is 12.1 Å². The minimum atomic E-state index is -0.935. The van der Waals surface area contributed by atoms with Gasteiger partial charge >= 0.3 is 5.97 Å². The van der Waals surface area contributed by atoms with Crippen LogP contribution in [0.4, 0.5) is 0 Å². The van der Waals surface area contributed by atoms with Gasteiger partial charge in [-0.25, -0.2) is 0 Å². The SMILES string of the molecule is O=Cc1ccc(OCCC(=O)O)c(Cl)c1. The van der Waals surface area contributed by atoms with Gasteiger partial charge in [-0.05, 0) is 18.2 Å². The Kier molecular flexibility index (Phi) is 4.12. The van der Waals surface area contributed by atoms with Crippen molar-refractivity contribution in [2.45, 2.75) is 6.42 Å². The van der Waals surface area contributed by atoms with Crippen LogP contribution in [0, 0.1) is 0 Å². The molecular weight excluding hydrogens is 220 g/mol. The first-order valence-electron chi connectivity index (χ1n) is 4.23. The van der Waals surface area contributed by atoms with Crippen LogP contribution >= 0.6 is 11.6 Å². The van der Waals surface area contributed by atoms with Crippen molar-refractivity contribution in [3.05, 3.63) is 28.8 Å². The number of carbonyl (C=O) groups excluding carboxylic acids is 1. The fraction of sp³-hybridized carbons (Fsp3) is 0.200. The van der Waals surface area contributed by atoms with Crippen LogP contribution in [0.1, 0.15) is 16.8 Å². The van der Waals surface area contributed by atoms with Crippen molar-refractivity contribution in [1.82, 2.24) is 0 Å². The lowest BCUT2D eigenvalue weighted by atomic mass is 10.2. The first kappa shape index (κ1) is 11.5. The number of hydrogen-bond donors (Lipinski definition) is 1. The van der Waals surface area contributed by atoms with Gasteiger partial charge in [0.2, 0.25) is 0 Å². The smallest absolute Gasteiger partial charge is 0.306 e. The van der Waals surface area contributed by atoms with Crippen LogP contribution in [0.3, 0.4) is 0 Å². The quantitative estimate of drug-likeness (QED) is 0.783. The van der Waals surface area contributed by atoms with Gasteiger partial charge in [0, 0.05) is 5.56 Å². The van der Waals surface area contributed by atoms with E-state index >= 15 is 0 Å². The molecule has 1 N–H and O–H groups in total. The highest BCUT2D eigenvalue weighted by Gasteiger charge is 2.04. The Bertz CT molecular complexity index is 376. The van der Waals surface area contributed by atoms with Crippen LogP contribution in [0.15, 0.2) is 18.2 Å². The molecule has 0 aliphatic rings. The summed E-state index contributed by atoms with van der Waals surface area (Å²) in [6, 6.07) is 4.55. The molecule has 0 heterocycles. The Balaban J connectivity index is 2.62. The van der Waals surface area contributed by atoms with Crippen molar-refractivity contribution in [1.29, 1.82) is 0 Å². The molecule has 0 amide bonds. The summed E-state index contributed by atoms with van der Waals surface area (Å²) < 4.78 is 5.12. The van der Waals surface area contributed by atoms with Crippen LogP contribution in [-0.4, -0.2) is 24.0 Å². The monoisotopic (exact) mass is 228 g/mol. The van der Waals surface area contributed by atoms with Crippen LogP contribution in [-0.2, 0) is 4.79 Å². The highest BCUT2D eigenvalue weighted by molar-refractivity contribution is 6.32. The summed E-state index contributed by atoms with van der Waals surface area (Å²) in [6.45, 7) is 0.0511. The lowest BCUT2D eigenvalue weighted by Crippen LogP contribution is -2.05. The molecule has 0 bridgehead atoms.